The predicted octanol–water partition coefficient (Wildman–Crippen LogP) is 1.92. The van der Waals surface area contributed by atoms with Crippen LogP contribution < -0.4 is 5.73 Å². The molecule has 1 aromatic heterocycles. The minimum atomic E-state index is 0.622. The van der Waals surface area contributed by atoms with Gasteiger partial charge in [0.25, 0.3) is 0 Å². The van der Waals surface area contributed by atoms with Crippen molar-refractivity contribution in [1.29, 1.82) is 0 Å². The quantitative estimate of drug-likeness (QED) is 0.846. The van der Waals surface area contributed by atoms with Crippen molar-refractivity contribution < 1.29 is 0 Å². The van der Waals surface area contributed by atoms with Crippen molar-refractivity contribution in [1.82, 2.24) is 14.8 Å². The topological polar surface area (TPSA) is 56.7 Å². The van der Waals surface area contributed by atoms with E-state index in [1.54, 1.807) is 0 Å². The molecule has 0 aliphatic heterocycles. The van der Waals surface area contributed by atoms with Crippen LogP contribution in [0.15, 0.2) is 6.33 Å². The number of rotatable bonds is 4. The molecule has 1 saturated carbocycles. The van der Waals surface area contributed by atoms with Gasteiger partial charge in [0.2, 0.25) is 0 Å². The maximum absolute atomic E-state index is 5.54. The van der Waals surface area contributed by atoms with Gasteiger partial charge in [-0.2, -0.15) is 0 Å². The molecule has 90 valence electrons. The van der Waals surface area contributed by atoms with Crippen molar-refractivity contribution >= 4 is 0 Å². The molecular formula is C12H22N4. The van der Waals surface area contributed by atoms with Crippen LogP contribution in [-0.4, -0.2) is 21.3 Å². The Morgan fingerprint density at radius 1 is 1.38 bits per heavy atom. The average Bonchev–Trinajstić information content (AvgIpc) is 2.75. The first kappa shape index (κ1) is 11.6. The van der Waals surface area contributed by atoms with E-state index in [1.165, 1.54) is 31.5 Å². The molecule has 0 bridgehead atoms. The lowest BCUT2D eigenvalue weighted by Crippen LogP contribution is -2.16. The van der Waals surface area contributed by atoms with Crippen molar-refractivity contribution in [2.45, 2.75) is 51.5 Å². The zero-order valence-electron chi connectivity index (χ0n) is 10.1. The molecule has 1 fully saturated rings. The van der Waals surface area contributed by atoms with Gasteiger partial charge < -0.3 is 10.3 Å². The molecule has 2 rings (SSSR count). The lowest BCUT2D eigenvalue weighted by Gasteiger charge is -2.25. The summed E-state index contributed by atoms with van der Waals surface area (Å²) in [5, 5.41) is 8.33. The van der Waals surface area contributed by atoms with Crippen LogP contribution in [0.5, 0.6) is 0 Å². The Bertz CT molecular complexity index is 313. The van der Waals surface area contributed by atoms with Crippen molar-refractivity contribution in [2.75, 3.05) is 6.54 Å². The first-order chi connectivity index (χ1) is 7.81. The van der Waals surface area contributed by atoms with Crippen molar-refractivity contribution in [3.63, 3.8) is 0 Å². The number of hydrogen-bond acceptors (Lipinski definition) is 3. The highest BCUT2D eigenvalue weighted by molar-refractivity contribution is 4.98. The van der Waals surface area contributed by atoms with Gasteiger partial charge in [0, 0.05) is 12.5 Å². The molecule has 4 nitrogen and oxygen atoms in total. The van der Waals surface area contributed by atoms with Crippen LogP contribution in [-0.2, 0) is 6.54 Å². The number of aryl methyl sites for hydroxylation is 1. The minimum Gasteiger partial charge on any atom is -0.330 e. The zero-order valence-corrected chi connectivity index (χ0v) is 10.1. The highest BCUT2D eigenvalue weighted by Gasteiger charge is 2.23. The molecule has 0 radical (unpaired) electrons. The van der Waals surface area contributed by atoms with Gasteiger partial charge >= 0.3 is 0 Å². The summed E-state index contributed by atoms with van der Waals surface area (Å²) in [4.78, 5) is 0. The van der Waals surface area contributed by atoms with Gasteiger partial charge in [-0.05, 0) is 31.7 Å². The van der Waals surface area contributed by atoms with Gasteiger partial charge in [0.15, 0.2) is 0 Å². The number of nitrogens with two attached hydrogens (primary N) is 1. The van der Waals surface area contributed by atoms with Crippen molar-refractivity contribution in [2.24, 2.45) is 11.7 Å². The summed E-state index contributed by atoms with van der Waals surface area (Å²) in [7, 11) is 0. The summed E-state index contributed by atoms with van der Waals surface area (Å²) in [6.07, 6.45) is 8.05. The fourth-order valence-electron chi connectivity index (χ4n) is 2.53. The molecule has 1 aromatic rings. The zero-order chi connectivity index (χ0) is 11.4. The maximum atomic E-state index is 5.54. The van der Waals surface area contributed by atoms with Gasteiger partial charge in [-0.1, -0.05) is 19.8 Å². The third-order valence-electron chi connectivity index (χ3n) is 3.63. The highest BCUT2D eigenvalue weighted by atomic mass is 15.3. The molecule has 1 aliphatic rings. The summed E-state index contributed by atoms with van der Waals surface area (Å²) >= 11 is 0. The summed E-state index contributed by atoms with van der Waals surface area (Å²) in [6.45, 7) is 4.04. The first-order valence-electron chi connectivity index (χ1n) is 6.39. The number of aromatic nitrogens is 3. The van der Waals surface area contributed by atoms with Gasteiger partial charge in [-0.3, -0.25) is 0 Å². The average molecular weight is 222 g/mol. The molecule has 2 N–H and O–H groups in total. The van der Waals surface area contributed by atoms with Crippen LogP contribution in [0.4, 0.5) is 0 Å². The highest BCUT2D eigenvalue weighted by Crippen LogP contribution is 2.34. The van der Waals surface area contributed by atoms with E-state index in [9.17, 15) is 0 Å². The van der Waals surface area contributed by atoms with Crippen LogP contribution in [0.3, 0.4) is 0 Å². The third kappa shape index (κ3) is 2.61. The Morgan fingerprint density at radius 3 is 2.81 bits per heavy atom. The summed E-state index contributed by atoms with van der Waals surface area (Å²) in [5.74, 6) is 2.69. The van der Waals surface area contributed by atoms with Gasteiger partial charge in [-0.25, -0.2) is 0 Å². The lowest BCUT2D eigenvalue weighted by atomic mass is 9.82. The van der Waals surface area contributed by atoms with E-state index in [-0.39, 0.29) is 0 Å². The molecule has 0 atom stereocenters. The fraction of sp³-hybridized carbons (Fsp3) is 0.833. The monoisotopic (exact) mass is 222 g/mol. The molecular weight excluding hydrogens is 200 g/mol. The van der Waals surface area contributed by atoms with Crippen LogP contribution in [0.2, 0.25) is 0 Å². The molecule has 0 amide bonds. The molecule has 0 spiro atoms. The van der Waals surface area contributed by atoms with E-state index in [1.807, 2.05) is 6.33 Å². The summed E-state index contributed by atoms with van der Waals surface area (Å²) in [6, 6.07) is 0. The second kappa shape index (κ2) is 5.43. The standard InChI is InChI=1S/C12H22N4/c1-10-3-5-11(6-4-10)12-15-14-9-16(12)8-2-7-13/h9-11H,2-8,13H2,1H3. The minimum absolute atomic E-state index is 0.622. The van der Waals surface area contributed by atoms with Gasteiger partial charge in [0.1, 0.15) is 12.2 Å². The van der Waals surface area contributed by atoms with Gasteiger partial charge in [-0.15, -0.1) is 10.2 Å². The fourth-order valence-corrected chi connectivity index (χ4v) is 2.53. The normalized spacial score (nSPS) is 25.9. The van der Waals surface area contributed by atoms with E-state index in [0.717, 1.165) is 25.4 Å². The maximum Gasteiger partial charge on any atom is 0.135 e. The number of hydrogen-bond donors (Lipinski definition) is 1. The first-order valence-corrected chi connectivity index (χ1v) is 6.39. The molecule has 0 unspecified atom stereocenters. The Morgan fingerprint density at radius 2 is 2.12 bits per heavy atom. The SMILES string of the molecule is CC1CCC(c2nncn2CCCN)CC1. The molecule has 16 heavy (non-hydrogen) atoms. The molecule has 4 heteroatoms. The van der Waals surface area contributed by atoms with Crippen LogP contribution in [0.25, 0.3) is 0 Å². The molecule has 1 aliphatic carbocycles. The Balaban J connectivity index is 1.99. The van der Waals surface area contributed by atoms with Crippen LogP contribution >= 0.6 is 0 Å². The second-order valence-electron chi connectivity index (χ2n) is 4.98. The second-order valence-corrected chi connectivity index (χ2v) is 4.98. The van der Waals surface area contributed by atoms with E-state index in [2.05, 4.69) is 21.7 Å². The van der Waals surface area contributed by atoms with E-state index in [0.29, 0.717) is 5.92 Å². The molecule has 1 heterocycles. The Labute approximate surface area is 97.2 Å². The van der Waals surface area contributed by atoms with E-state index in [4.69, 9.17) is 5.73 Å². The van der Waals surface area contributed by atoms with E-state index >= 15 is 0 Å². The Hall–Kier alpha value is -0.900. The van der Waals surface area contributed by atoms with Crippen LogP contribution in [0.1, 0.15) is 50.8 Å². The summed E-state index contributed by atoms with van der Waals surface area (Å²) in [5.41, 5.74) is 5.54. The largest absolute Gasteiger partial charge is 0.330 e. The number of nitrogens with zero attached hydrogens (tertiary/aromatic N) is 3. The summed E-state index contributed by atoms with van der Waals surface area (Å²) < 4.78 is 2.19. The molecule has 0 aromatic carbocycles. The van der Waals surface area contributed by atoms with Crippen LogP contribution in [0, 0.1) is 5.92 Å². The lowest BCUT2D eigenvalue weighted by molar-refractivity contribution is 0.333. The predicted molar refractivity (Wildman–Crippen MR) is 64.1 cm³/mol. The Kier molecular flexibility index (Phi) is 3.93. The smallest absolute Gasteiger partial charge is 0.135 e. The van der Waals surface area contributed by atoms with Crippen molar-refractivity contribution in [3.05, 3.63) is 12.2 Å². The van der Waals surface area contributed by atoms with Gasteiger partial charge in [0.05, 0.1) is 0 Å². The van der Waals surface area contributed by atoms with E-state index < -0.39 is 0 Å². The van der Waals surface area contributed by atoms with Crippen molar-refractivity contribution in [3.8, 4) is 0 Å². The third-order valence-corrected chi connectivity index (χ3v) is 3.63. The molecule has 0 saturated heterocycles.